The lowest BCUT2D eigenvalue weighted by atomic mass is 10.0. The fourth-order valence-corrected chi connectivity index (χ4v) is 4.11. The van der Waals surface area contributed by atoms with Crippen LogP contribution in [0.25, 0.3) is 0 Å². The van der Waals surface area contributed by atoms with Crippen molar-refractivity contribution in [2.24, 2.45) is 0 Å². The molecule has 2 rings (SSSR count). The lowest BCUT2D eigenvalue weighted by Crippen LogP contribution is -2.21. The van der Waals surface area contributed by atoms with Gasteiger partial charge in [-0.05, 0) is 61.2 Å². The summed E-state index contributed by atoms with van der Waals surface area (Å²) in [6.07, 6.45) is 13.4. The van der Waals surface area contributed by atoms with Gasteiger partial charge in [0, 0.05) is 25.8 Å². The maximum Gasteiger partial charge on any atom is 0.203 e. The van der Waals surface area contributed by atoms with Crippen molar-refractivity contribution in [1.82, 2.24) is 4.90 Å². The summed E-state index contributed by atoms with van der Waals surface area (Å²) in [5.41, 5.74) is 2.53. The predicted molar refractivity (Wildman–Crippen MR) is 125 cm³/mol. The highest BCUT2D eigenvalue weighted by atomic mass is 32.2. The van der Waals surface area contributed by atoms with Gasteiger partial charge in [0.1, 0.15) is 0 Å². The van der Waals surface area contributed by atoms with E-state index in [-0.39, 0.29) is 5.12 Å². The normalized spacial score (nSPS) is 13.2. The zero-order chi connectivity index (χ0) is 21.8. The second-order valence-corrected chi connectivity index (χ2v) is 8.65. The van der Waals surface area contributed by atoms with Gasteiger partial charge in [-0.15, -0.1) is 0 Å². The van der Waals surface area contributed by atoms with E-state index in [1.807, 2.05) is 12.1 Å². The van der Waals surface area contributed by atoms with Gasteiger partial charge in [-0.2, -0.15) is 0 Å². The molecule has 0 bridgehead atoms. The van der Waals surface area contributed by atoms with Crippen molar-refractivity contribution >= 4 is 16.9 Å². The second-order valence-electron chi connectivity index (χ2n) is 7.38. The van der Waals surface area contributed by atoms with Crippen molar-refractivity contribution in [2.45, 2.75) is 45.4 Å². The average Bonchev–Trinajstić information content (AvgIpc) is 2.76. The number of benzene rings is 1. The molecule has 1 aliphatic rings. The summed E-state index contributed by atoms with van der Waals surface area (Å²) in [7, 11) is 4.91. The Labute approximate surface area is 185 Å². The number of thioether (sulfide) groups is 1. The first-order valence-corrected chi connectivity index (χ1v) is 11.6. The Hall–Kier alpha value is -2.08. The summed E-state index contributed by atoms with van der Waals surface area (Å²) >= 11 is 1.44. The molecule has 1 aromatic rings. The molecule has 0 radical (unpaired) electrons. The monoisotopic (exact) mass is 433 g/mol. The van der Waals surface area contributed by atoms with Crippen LogP contribution in [0.2, 0.25) is 0 Å². The first-order chi connectivity index (χ1) is 14.6. The Morgan fingerprint density at radius 2 is 1.70 bits per heavy atom. The summed E-state index contributed by atoms with van der Waals surface area (Å²) in [5.74, 6) is 2.99. The maximum atomic E-state index is 10.9. The van der Waals surface area contributed by atoms with E-state index in [2.05, 4.69) is 23.3 Å². The second kappa shape index (κ2) is 13.3. The number of rotatable bonds is 13. The summed E-state index contributed by atoms with van der Waals surface area (Å²) in [6, 6.07) is 4.05. The maximum absolute atomic E-state index is 10.9. The van der Waals surface area contributed by atoms with Crippen LogP contribution < -0.4 is 14.2 Å². The molecule has 1 heterocycles. The number of carbonyl (C=O) groups excluding carboxylic acids is 1. The molecule has 0 unspecified atom stereocenters. The molecule has 6 heteroatoms. The lowest BCUT2D eigenvalue weighted by molar-refractivity contribution is -0.109. The van der Waals surface area contributed by atoms with E-state index in [1.54, 1.807) is 28.3 Å². The number of allylic oxidation sites excluding steroid dienone is 2. The van der Waals surface area contributed by atoms with Crippen LogP contribution in [0, 0.1) is 0 Å². The van der Waals surface area contributed by atoms with E-state index in [0.29, 0.717) is 17.2 Å². The van der Waals surface area contributed by atoms with Crippen LogP contribution in [-0.4, -0.2) is 50.2 Å². The van der Waals surface area contributed by atoms with Gasteiger partial charge in [0.2, 0.25) is 5.75 Å². The Bertz CT molecular complexity index is 720. The van der Waals surface area contributed by atoms with Gasteiger partial charge < -0.3 is 19.1 Å². The third-order valence-corrected chi connectivity index (χ3v) is 6.06. The molecule has 30 heavy (non-hydrogen) atoms. The van der Waals surface area contributed by atoms with Gasteiger partial charge in [-0.25, -0.2) is 0 Å². The van der Waals surface area contributed by atoms with E-state index >= 15 is 0 Å². The van der Waals surface area contributed by atoms with Crippen LogP contribution >= 0.6 is 11.8 Å². The number of hydrogen-bond acceptors (Lipinski definition) is 6. The molecule has 0 saturated heterocycles. The predicted octanol–water partition coefficient (Wildman–Crippen LogP) is 5.24. The molecule has 0 atom stereocenters. The molecule has 1 aromatic carbocycles. The van der Waals surface area contributed by atoms with Gasteiger partial charge in [0.05, 0.1) is 21.3 Å². The molecule has 0 aromatic heterocycles. The summed E-state index contributed by atoms with van der Waals surface area (Å²) in [6.45, 7) is 3.70. The third-order valence-electron chi connectivity index (χ3n) is 5.16. The highest BCUT2D eigenvalue weighted by Crippen LogP contribution is 2.38. The molecule has 0 fully saturated rings. The minimum Gasteiger partial charge on any atom is -0.493 e. The van der Waals surface area contributed by atoms with Crippen LogP contribution in [0.4, 0.5) is 0 Å². The Morgan fingerprint density at radius 1 is 1.00 bits per heavy atom. The van der Waals surface area contributed by atoms with E-state index < -0.39 is 0 Å². The molecular weight excluding hydrogens is 398 g/mol. The standard InChI is InChI=1S/C24H35NO4S/c1-19(26)30-16-8-6-5-7-13-25-14-11-20(12-15-25)9-10-21-17-22(27-2)24(29-4)23(18-21)28-3/h11-12,14,17-18H,5-10,13,15-16H2,1-4H3. The van der Waals surface area contributed by atoms with Crippen LogP contribution in [0.15, 0.2) is 36.1 Å². The topological polar surface area (TPSA) is 48.0 Å². The minimum absolute atomic E-state index is 0.223. The van der Waals surface area contributed by atoms with Gasteiger partial charge in [0.15, 0.2) is 16.6 Å². The average molecular weight is 434 g/mol. The van der Waals surface area contributed by atoms with Crippen molar-refractivity contribution in [3.8, 4) is 17.2 Å². The Kier molecular flexibility index (Phi) is 10.7. The van der Waals surface area contributed by atoms with Crippen molar-refractivity contribution < 1.29 is 19.0 Å². The summed E-state index contributed by atoms with van der Waals surface area (Å²) in [5, 5.41) is 0.223. The Balaban J connectivity index is 1.72. The fraction of sp³-hybridized carbons (Fsp3) is 0.542. The number of unbranched alkanes of at least 4 members (excludes halogenated alkanes) is 3. The molecule has 0 amide bonds. The molecule has 0 N–H and O–H groups in total. The number of aryl methyl sites for hydroxylation is 1. The lowest BCUT2D eigenvalue weighted by Gasteiger charge is -2.23. The molecule has 0 saturated carbocycles. The molecular formula is C24H35NO4S. The highest BCUT2D eigenvalue weighted by molar-refractivity contribution is 8.13. The molecule has 1 aliphatic heterocycles. The molecule has 5 nitrogen and oxygen atoms in total. The quantitative estimate of drug-likeness (QED) is 0.397. The number of hydrogen-bond donors (Lipinski definition) is 0. The number of methoxy groups -OCH3 is 3. The number of ether oxygens (including phenoxy) is 3. The molecule has 0 aliphatic carbocycles. The van der Waals surface area contributed by atoms with Crippen molar-refractivity contribution in [1.29, 1.82) is 0 Å². The first-order valence-electron chi connectivity index (χ1n) is 10.6. The van der Waals surface area contributed by atoms with Gasteiger partial charge in [-0.1, -0.05) is 30.7 Å². The SMILES string of the molecule is COc1cc(CCC2=CCN(CCCCCCSC(C)=O)C=C2)cc(OC)c1OC. The van der Waals surface area contributed by atoms with Gasteiger partial charge >= 0.3 is 0 Å². The van der Waals surface area contributed by atoms with E-state index in [0.717, 1.165) is 38.1 Å². The van der Waals surface area contributed by atoms with Crippen LogP contribution in [0.1, 0.15) is 44.6 Å². The zero-order valence-electron chi connectivity index (χ0n) is 18.7. The largest absolute Gasteiger partial charge is 0.493 e. The van der Waals surface area contributed by atoms with Crippen molar-refractivity contribution in [2.75, 3.05) is 40.2 Å². The molecule has 166 valence electrons. The number of nitrogens with zero attached hydrogens (tertiary/aromatic N) is 1. The van der Waals surface area contributed by atoms with Crippen molar-refractivity contribution in [3.63, 3.8) is 0 Å². The van der Waals surface area contributed by atoms with Gasteiger partial charge in [0.25, 0.3) is 0 Å². The van der Waals surface area contributed by atoms with E-state index in [1.165, 1.54) is 42.2 Å². The van der Waals surface area contributed by atoms with Crippen molar-refractivity contribution in [3.05, 3.63) is 41.6 Å². The minimum atomic E-state index is 0.223. The molecule has 0 spiro atoms. The van der Waals surface area contributed by atoms with Gasteiger partial charge in [-0.3, -0.25) is 4.79 Å². The summed E-state index contributed by atoms with van der Waals surface area (Å²) < 4.78 is 16.3. The first kappa shape index (κ1) is 24.2. The van der Waals surface area contributed by atoms with Crippen LogP contribution in [0.3, 0.4) is 0 Å². The fourth-order valence-electron chi connectivity index (χ4n) is 3.47. The highest BCUT2D eigenvalue weighted by Gasteiger charge is 2.13. The van der Waals surface area contributed by atoms with E-state index in [9.17, 15) is 4.79 Å². The van der Waals surface area contributed by atoms with Crippen LogP contribution in [-0.2, 0) is 11.2 Å². The summed E-state index contributed by atoms with van der Waals surface area (Å²) in [4.78, 5) is 13.3. The third kappa shape index (κ3) is 7.98. The smallest absolute Gasteiger partial charge is 0.203 e. The zero-order valence-corrected chi connectivity index (χ0v) is 19.6. The van der Waals surface area contributed by atoms with E-state index in [4.69, 9.17) is 14.2 Å². The Morgan fingerprint density at radius 3 is 2.27 bits per heavy atom. The van der Waals surface area contributed by atoms with Crippen LogP contribution in [0.5, 0.6) is 17.2 Å². The number of carbonyl (C=O) groups is 1.